The summed E-state index contributed by atoms with van der Waals surface area (Å²) in [5, 5.41) is 5.32. The summed E-state index contributed by atoms with van der Waals surface area (Å²) < 4.78 is 4.48. The van der Waals surface area contributed by atoms with Crippen molar-refractivity contribution in [3.63, 3.8) is 0 Å². The van der Waals surface area contributed by atoms with Gasteiger partial charge in [-0.2, -0.15) is 0 Å². The lowest BCUT2D eigenvalue weighted by atomic mass is 9.80. The lowest BCUT2D eigenvalue weighted by Crippen LogP contribution is -2.15. The Morgan fingerprint density at radius 2 is 0.984 bits per heavy atom. The molecule has 0 unspecified atom stereocenters. The molecule has 2 heteroatoms. The van der Waals surface area contributed by atoms with Gasteiger partial charge < -0.3 is 9.13 Å². The van der Waals surface area contributed by atoms with Gasteiger partial charge in [0.1, 0.15) is 0 Å². The van der Waals surface area contributed by atoms with Crippen LogP contribution in [0.1, 0.15) is 89.2 Å². The van der Waals surface area contributed by atoms with Gasteiger partial charge in [0, 0.05) is 63.8 Å². The fraction of sp³-hybridized carbons (Fsp3) is 0.233. The molecule has 316 valence electrons. The van der Waals surface area contributed by atoms with E-state index in [1.807, 2.05) is 38.2 Å². The Bertz CT molecular complexity index is 2920. The second-order valence-electron chi connectivity index (χ2n) is 17.2. The van der Waals surface area contributed by atoms with Crippen LogP contribution in [0.2, 0.25) is 0 Å². The van der Waals surface area contributed by atoms with E-state index in [0.29, 0.717) is 0 Å². The van der Waals surface area contributed by atoms with E-state index < -0.39 is 0 Å². The van der Waals surface area contributed by atoms with E-state index in [-0.39, 0.29) is 5.41 Å². The van der Waals surface area contributed by atoms with Crippen molar-refractivity contribution in [1.29, 1.82) is 0 Å². The molecule has 2 nitrogen and oxygen atoms in total. The van der Waals surface area contributed by atoms with Gasteiger partial charge in [-0.15, -0.1) is 0 Å². The monoisotopic (exact) mass is 815 g/mol. The largest absolute Gasteiger partial charge is 0.347 e. The van der Waals surface area contributed by atoms with Crippen LogP contribution < -0.4 is 0 Å². The number of hydrogen-bond acceptors (Lipinski definition) is 0. The Morgan fingerprint density at radius 3 is 1.50 bits per heavy atom. The minimum atomic E-state index is 0.00914. The van der Waals surface area contributed by atoms with Gasteiger partial charge in [0.05, 0.1) is 0 Å². The zero-order valence-corrected chi connectivity index (χ0v) is 39.6. The van der Waals surface area contributed by atoms with Crippen LogP contribution in [0.3, 0.4) is 0 Å². The second kappa shape index (κ2) is 18.7. The van der Waals surface area contributed by atoms with Crippen molar-refractivity contribution in [2.75, 3.05) is 0 Å². The Balaban J connectivity index is 0.000000162. The van der Waals surface area contributed by atoms with Gasteiger partial charge >= 0.3 is 0 Å². The molecule has 1 aliphatic rings. The average Bonchev–Trinajstić information content (AvgIpc) is 3.75. The molecule has 0 radical (unpaired) electrons. The number of benzene rings is 6. The standard InChI is InChI=1S/C28H26.2C15H17N.C2H6/c1-17-10-13-23-25(14-17)28(4,5)26-16-24(20-12-11-18(2)19(3)15-20)21-8-6-7-9-22(21)27(23)26;2*1-5-6-7-13-12(3)16(4)15-10-11(2)8-9-14(13)15;1-2/h6-16H,1-5H3;2*5-10H,1H2,2-4H3;1-2H3/b;2*7-6-;. The maximum Gasteiger partial charge on any atom is 0.0488 e. The first kappa shape index (κ1) is 45.2. The summed E-state index contributed by atoms with van der Waals surface area (Å²) in [5.41, 5.74) is 22.7. The molecule has 0 bridgehead atoms. The van der Waals surface area contributed by atoms with E-state index in [9.17, 15) is 0 Å². The van der Waals surface area contributed by atoms with E-state index in [2.05, 4.69) is 214 Å². The molecule has 2 aromatic heterocycles. The molecule has 0 saturated carbocycles. The summed E-state index contributed by atoms with van der Waals surface area (Å²) in [7, 11) is 4.23. The summed E-state index contributed by atoms with van der Waals surface area (Å²) >= 11 is 0. The number of hydrogen-bond donors (Lipinski definition) is 0. The maximum atomic E-state index is 3.71. The molecule has 2 heterocycles. The molecule has 1 aliphatic carbocycles. The Morgan fingerprint density at radius 1 is 0.484 bits per heavy atom. The van der Waals surface area contributed by atoms with Crippen LogP contribution in [0.4, 0.5) is 0 Å². The molecule has 0 aliphatic heterocycles. The lowest BCUT2D eigenvalue weighted by Gasteiger charge is -2.23. The first-order valence-corrected chi connectivity index (χ1v) is 22.1. The van der Waals surface area contributed by atoms with E-state index in [0.717, 1.165) is 0 Å². The van der Waals surface area contributed by atoms with Crippen molar-refractivity contribution in [2.24, 2.45) is 14.1 Å². The maximum absolute atomic E-state index is 3.71. The zero-order valence-electron chi connectivity index (χ0n) is 39.6. The van der Waals surface area contributed by atoms with Crippen molar-refractivity contribution >= 4 is 44.7 Å². The molecular weight excluding hydrogens is 749 g/mol. The summed E-state index contributed by atoms with van der Waals surface area (Å²) in [5.74, 6) is 0. The van der Waals surface area contributed by atoms with Gasteiger partial charge in [0.15, 0.2) is 0 Å². The number of aromatic nitrogens is 2. The Hall–Kier alpha value is -6.38. The fourth-order valence-corrected chi connectivity index (χ4v) is 9.00. The molecule has 62 heavy (non-hydrogen) atoms. The van der Waals surface area contributed by atoms with Gasteiger partial charge in [0.25, 0.3) is 0 Å². The highest BCUT2D eigenvalue weighted by molar-refractivity contribution is 6.09. The van der Waals surface area contributed by atoms with E-state index in [1.54, 1.807) is 0 Å². The van der Waals surface area contributed by atoms with Crippen molar-refractivity contribution in [3.05, 3.63) is 202 Å². The normalized spacial score (nSPS) is 12.4. The Labute approximate surface area is 372 Å². The van der Waals surface area contributed by atoms with Gasteiger partial charge in [-0.1, -0.05) is 168 Å². The molecule has 9 rings (SSSR count). The van der Waals surface area contributed by atoms with E-state index in [1.165, 1.54) is 116 Å². The first-order chi connectivity index (χ1) is 29.7. The minimum absolute atomic E-state index is 0.00914. The Kier molecular flexibility index (Phi) is 13.6. The smallest absolute Gasteiger partial charge is 0.0488 e. The molecule has 0 atom stereocenters. The molecule has 8 aromatic rings. The van der Waals surface area contributed by atoms with Gasteiger partial charge in [-0.25, -0.2) is 0 Å². The summed E-state index contributed by atoms with van der Waals surface area (Å²) in [6.45, 7) is 31.3. The number of allylic oxidation sites excluding steroid dienone is 4. The lowest BCUT2D eigenvalue weighted by molar-refractivity contribution is 0.660. The number of nitrogens with zero attached hydrogens (tertiary/aromatic N) is 2. The summed E-state index contributed by atoms with van der Waals surface area (Å²) in [6.07, 6.45) is 11.8. The fourth-order valence-electron chi connectivity index (χ4n) is 9.00. The van der Waals surface area contributed by atoms with E-state index in [4.69, 9.17) is 0 Å². The quantitative estimate of drug-likeness (QED) is 0.153. The third-order valence-corrected chi connectivity index (χ3v) is 12.8. The predicted molar refractivity (Wildman–Crippen MR) is 276 cm³/mol. The number of aryl methyl sites for hydroxylation is 7. The molecule has 0 saturated heterocycles. The topological polar surface area (TPSA) is 9.86 Å². The van der Waals surface area contributed by atoms with Gasteiger partial charge in [-0.05, 0) is 133 Å². The predicted octanol–water partition coefficient (Wildman–Crippen LogP) is 16.8. The number of rotatable bonds is 5. The van der Waals surface area contributed by atoms with Crippen LogP contribution >= 0.6 is 0 Å². The van der Waals surface area contributed by atoms with Crippen molar-refractivity contribution < 1.29 is 0 Å². The highest BCUT2D eigenvalue weighted by Crippen LogP contribution is 2.53. The summed E-state index contributed by atoms with van der Waals surface area (Å²) in [4.78, 5) is 0. The number of fused-ring (bicyclic) bond motifs is 7. The molecular formula is C60H66N2. The molecule has 0 N–H and O–H groups in total. The average molecular weight is 815 g/mol. The molecule has 0 spiro atoms. The highest BCUT2D eigenvalue weighted by Gasteiger charge is 2.37. The SMILES string of the molecule is C=C/C=C\c1c(C)n(C)c2cc(C)ccc12.C=C/C=C\c1c(C)n(C)c2cc(C)ccc12.CC.Cc1ccc2c(c1)C(C)(C)c1cc(-c3ccc(C)c(C)c3)c3ccccc3c1-2. The van der Waals surface area contributed by atoms with Crippen LogP contribution in [0.15, 0.2) is 141 Å². The zero-order chi connectivity index (χ0) is 45.0. The second-order valence-corrected chi connectivity index (χ2v) is 17.2. The van der Waals surface area contributed by atoms with Gasteiger partial charge in [-0.3, -0.25) is 0 Å². The molecule has 0 amide bonds. The molecule has 6 aromatic carbocycles. The first-order valence-electron chi connectivity index (χ1n) is 22.1. The van der Waals surface area contributed by atoms with E-state index >= 15 is 0 Å². The van der Waals surface area contributed by atoms with Crippen LogP contribution in [0.25, 0.3) is 67.0 Å². The van der Waals surface area contributed by atoms with Crippen LogP contribution in [0, 0.1) is 48.5 Å². The van der Waals surface area contributed by atoms with Crippen molar-refractivity contribution in [3.8, 4) is 22.3 Å². The third-order valence-electron chi connectivity index (χ3n) is 12.8. The molecule has 0 fully saturated rings. The minimum Gasteiger partial charge on any atom is -0.347 e. The van der Waals surface area contributed by atoms with Crippen LogP contribution in [0.5, 0.6) is 0 Å². The highest BCUT2D eigenvalue weighted by atomic mass is 14.9. The third kappa shape index (κ3) is 8.44. The van der Waals surface area contributed by atoms with Crippen molar-refractivity contribution in [2.45, 2.75) is 81.6 Å². The van der Waals surface area contributed by atoms with Crippen molar-refractivity contribution in [1.82, 2.24) is 9.13 Å². The van der Waals surface area contributed by atoms with Gasteiger partial charge in [0.2, 0.25) is 0 Å². The van der Waals surface area contributed by atoms with Crippen LogP contribution in [-0.4, -0.2) is 9.13 Å². The summed E-state index contributed by atoms with van der Waals surface area (Å²) in [6, 6.07) is 38.3. The van der Waals surface area contributed by atoms with Crippen LogP contribution in [-0.2, 0) is 19.5 Å².